The molecular formula is C12H18IN3O. The van der Waals surface area contributed by atoms with Crippen molar-refractivity contribution in [2.45, 2.75) is 20.3 Å². The lowest BCUT2D eigenvalue weighted by Crippen LogP contribution is -2.33. The zero-order valence-corrected chi connectivity index (χ0v) is 12.2. The summed E-state index contributed by atoms with van der Waals surface area (Å²) in [6, 6.07) is 8.17. The third-order valence-electron chi connectivity index (χ3n) is 2.70. The minimum absolute atomic E-state index is 0.266. The van der Waals surface area contributed by atoms with Crippen LogP contribution in [0.2, 0.25) is 0 Å². The molecule has 0 amide bonds. The Balaban J connectivity index is 2.48. The maximum Gasteiger partial charge on any atom is 0.144 e. The lowest BCUT2D eigenvalue weighted by molar-refractivity contribution is 0.306. The number of oxime groups is 1. The largest absolute Gasteiger partial charge is 0.409 e. The molecule has 0 saturated heterocycles. The molecule has 0 bridgehead atoms. The molecule has 1 aromatic rings. The Bertz CT molecular complexity index is 404. The summed E-state index contributed by atoms with van der Waals surface area (Å²) < 4.78 is 1.20. The second kappa shape index (κ2) is 6.09. The van der Waals surface area contributed by atoms with Crippen LogP contribution in [0.4, 0.5) is 5.69 Å². The zero-order valence-electron chi connectivity index (χ0n) is 10.1. The van der Waals surface area contributed by atoms with Crippen LogP contribution in [0.15, 0.2) is 29.4 Å². The molecule has 94 valence electrons. The number of amidine groups is 1. The van der Waals surface area contributed by atoms with Crippen LogP contribution in [0.25, 0.3) is 0 Å². The number of hydrogen-bond acceptors (Lipinski definition) is 3. The maximum atomic E-state index is 8.66. The Morgan fingerprint density at radius 1 is 1.53 bits per heavy atom. The summed E-state index contributed by atoms with van der Waals surface area (Å²) >= 11 is 2.28. The summed E-state index contributed by atoms with van der Waals surface area (Å²) in [6.07, 6.45) is 0.800. The fraction of sp³-hybridized carbons (Fsp3) is 0.417. The van der Waals surface area contributed by atoms with Crippen molar-refractivity contribution in [3.05, 3.63) is 27.8 Å². The smallest absolute Gasteiger partial charge is 0.144 e. The van der Waals surface area contributed by atoms with E-state index in [2.05, 4.69) is 39.1 Å². The van der Waals surface area contributed by atoms with Crippen LogP contribution in [0.3, 0.4) is 0 Å². The average Bonchev–Trinajstić information content (AvgIpc) is 2.27. The number of nitrogens with one attached hydrogen (secondary N) is 1. The first-order valence-electron chi connectivity index (χ1n) is 5.43. The van der Waals surface area contributed by atoms with Gasteiger partial charge in [0.25, 0.3) is 0 Å². The van der Waals surface area contributed by atoms with E-state index in [0.29, 0.717) is 0 Å². The van der Waals surface area contributed by atoms with Crippen LogP contribution >= 0.6 is 22.6 Å². The first kappa shape index (κ1) is 14.1. The van der Waals surface area contributed by atoms with E-state index in [1.165, 1.54) is 3.57 Å². The highest BCUT2D eigenvalue weighted by atomic mass is 127. The summed E-state index contributed by atoms with van der Waals surface area (Å²) in [7, 11) is 0. The molecule has 4 N–H and O–H groups in total. The molecule has 0 atom stereocenters. The molecule has 1 aromatic carbocycles. The van der Waals surface area contributed by atoms with Gasteiger partial charge in [-0.15, -0.1) is 0 Å². The second-order valence-electron chi connectivity index (χ2n) is 4.56. The second-order valence-corrected chi connectivity index (χ2v) is 5.80. The van der Waals surface area contributed by atoms with E-state index in [0.717, 1.165) is 18.7 Å². The number of benzene rings is 1. The fourth-order valence-electron chi connectivity index (χ4n) is 1.38. The number of nitrogens with zero attached hydrogens (tertiary/aromatic N) is 1. The van der Waals surface area contributed by atoms with Gasteiger partial charge in [0.05, 0.1) is 0 Å². The molecule has 17 heavy (non-hydrogen) atoms. The predicted octanol–water partition coefficient (Wildman–Crippen LogP) is 2.87. The summed E-state index contributed by atoms with van der Waals surface area (Å²) in [4.78, 5) is 0. The van der Waals surface area contributed by atoms with Crippen LogP contribution in [0.1, 0.15) is 20.3 Å². The van der Waals surface area contributed by atoms with Crippen molar-refractivity contribution in [2.75, 3.05) is 11.9 Å². The van der Waals surface area contributed by atoms with Crippen molar-refractivity contribution < 1.29 is 5.21 Å². The summed E-state index contributed by atoms with van der Waals surface area (Å²) in [5.74, 6) is 0.266. The minimum Gasteiger partial charge on any atom is -0.409 e. The number of rotatable bonds is 5. The van der Waals surface area contributed by atoms with E-state index in [4.69, 9.17) is 10.9 Å². The molecule has 0 aromatic heterocycles. The number of hydrogen-bond donors (Lipinski definition) is 3. The van der Waals surface area contributed by atoms with Crippen LogP contribution in [0.5, 0.6) is 0 Å². The molecule has 0 saturated carbocycles. The van der Waals surface area contributed by atoms with Crippen LogP contribution in [-0.4, -0.2) is 17.6 Å². The highest BCUT2D eigenvalue weighted by Crippen LogP contribution is 2.21. The van der Waals surface area contributed by atoms with Crippen molar-refractivity contribution >= 4 is 34.1 Å². The van der Waals surface area contributed by atoms with Gasteiger partial charge in [-0.25, -0.2) is 0 Å². The van der Waals surface area contributed by atoms with Crippen molar-refractivity contribution in [1.29, 1.82) is 0 Å². The predicted molar refractivity (Wildman–Crippen MR) is 79.5 cm³/mol. The normalized spacial score (nSPS) is 12.5. The van der Waals surface area contributed by atoms with E-state index < -0.39 is 0 Å². The van der Waals surface area contributed by atoms with Gasteiger partial charge >= 0.3 is 0 Å². The molecule has 0 aliphatic carbocycles. The third-order valence-corrected chi connectivity index (χ3v) is 3.38. The standard InChI is InChI=1S/C12H18IN3O/c1-12(2,11(14)16-17)6-7-15-10-5-3-4-9(13)8-10/h3-5,8,15,17H,6-7H2,1-2H3,(H2,14,16). The summed E-state index contributed by atoms with van der Waals surface area (Å²) in [5.41, 5.74) is 6.41. The Kier molecular flexibility index (Phi) is 5.04. The quantitative estimate of drug-likeness (QED) is 0.252. The van der Waals surface area contributed by atoms with E-state index >= 15 is 0 Å². The SMILES string of the molecule is CC(C)(CCNc1cccc(I)c1)C(N)=NO. The van der Waals surface area contributed by atoms with Gasteiger partial charge in [0.2, 0.25) is 0 Å². The van der Waals surface area contributed by atoms with E-state index in [9.17, 15) is 0 Å². The van der Waals surface area contributed by atoms with Crippen molar-refractivity contribution in [3.63, 3.8) is 0 Å². The van der Waals surface area contributed by atoms with Gasteiger partial charge in [-0.3, -0.25) is 0 Å². The molecule has 0 radical (unpaired) electrons. The number of anilines is 1. The van der Waals surface area contributed by atoms with Gasteiger partial charge in [-0.05, 0) is 47.2 Å². The Morgan fingerprint density at radius 2 is 2.24 bits per heavy atom. The van der Waals surface area contributed by atoms with Crippen LogP contribution in [0, 0.1) is 8.99 Å². The van der Waals surface area contributed by atoms with E-state index in [-0.39, 0.29) is 11.3 Å². The fourth-order valence-corrected chi connectivity index (χ4v) is 1.92. The van der Waals surface area contributed by atoms with Gasteiger partial charge in [0.15, 0.2) is 0 Å². The first-order valence-corrected chi connectivity index (χ1v) is 6.51. The number of halogens is 1. The zero-order chi connectivity index (χ0) is 12.9. The first-order chi connectivity index (χ1) is 7.95. The molecule has 0 spiro atoms. The molecule has 0 aliphatic heterocycles. The topological polar surface area (TPSA) is 70.6 Å². The molecule has 0 fully saturated rings. The molecule has 4 nitrogen and oxygen atoms in total. The molecule has 5 heteroatoms. The van der Waals surface area contributed by atoms with Crippen molar-refractivity contribution in [3.8, 4) is 0 Å². The lowest BCUT2D eigenvalue weighted by Gasteiger charge is -2.23. The third kappa shape index (κ3) is 4.41. The van der Waals surface area contributed by atoms with Gasteiger partial charge in [-0.2, -0.15) is 0 Å². The highest BCUT2D eigenvalue weighted by molar-refractivity contribution is 14.1. The van der Waals surface area contributed by atoms with Crippen LogP contribution in [-0.2, 0) is 0 Å². The molecule has 0 heterocycles. The number of nitrogens with two attached hydrogens (primary N) is 1. The summed E-state index contributed by atoms with van der Waals surface area (Å²) in [5, 5.41) is 15.1. The summed E-state index contributed by atoms with van der Waals surface area (Å²) in [6.45, 7) is 4.69. The van der Waals surface area contributed by atoms with Gasteiger partial charge < -0.3 is 16.3 Å². The molecular weight excluding hydrogens is 329 g/mol. The van der Waals surface area contributed by atoms with Gasteiger partial charge in [0, 0.05) is 21.2 Å². The van der Waals surface area contributed by atoms with Crippen LogP contribution < -0.4 is 11.1 Å². The van der Waals surface area contributed by atoms with E-state index in [1.54, 1.807) is 0 Å². The average molecular weight is 347 g/mol. The van der Waals surface area contributed by atoms with Gasteiger partial charge in [0.1, 0.15) is 5.84 Å². The van der Waals surface area contributed by atoms with Gasteiger partial charge in [-0.1, -0.05) is 25.1 Å². The molecule has 0 unspecified atom stereocenters. The maximum absolute atomic E-state index is 8.66. The monoisotopic (exact) mass is 347 g/mol. The Hall–Kier alpha value is -0.980. The Morgan fingerprint density at radius 3 is 2.82 bits per heavy atom. The van der Waals surface area contributed by atoms with Crippen molar-refractivity contribution in [2.24, 2.45) is 16.3 Å². The molecule has 0 aliphatic rings. The van der Waals surface area contributed by atoms with Crippen molar-refractivity contribution in [1.82, 2.24) is 0 Å². The highest BCUT2D eigenvalue weighted by Gasteiger charge is 2.22. The minimum atomic E-state index is -0.302. The molecule has 1 rings (SSSR count). The lowest BCUT2D eigenvalue weighted by atomic mass is 9.88. The van der Waals surface area contributed by atoms with E-state index in [1.807, 2.05) is 32.0 Å². The Labute approximate surface area is 115 Å².